The standard InChI is InChI=1S/C33H40O20/c1-9-19(38)22(41)25(44)31(47-9)52-28-10(2)48-32(27(46)24(28)43)53-30-21(40)18-15(37)6-12(49-33-26(45)23(42)20(39)17(8-34)51-33)7-16(18)50-29(30)11-3-4-13(35)14(36)5-11/h3-7,9-10,17,19-20,22-28,31-39,41-46H,8H2,1-2H3/t9-,10-,17-,19-,20-,22+,23-,24-,25-,26+,27-,28-,31-,32-,33+/m0/s1. The van der Waals surface area contributed by atoms with Crippen LogP contribution in [0.2, 0.25) is 0 Å². The quantitative estimate of drug-likeness (QED) is 0.101. The predicted molar refractivity (Wildman–Crippen MR) is 172 cm³/mol. The summed E-state index contributed by atoms with van der Waals surface area (Å²) in [6.45, 7) is 2.06. The Morgan fingerprint density at radius 3 is 1.94 bits per heavy atom. The van der Waals surface area contributed by atoms with E-state index in [-0.39, 0.29) is 16.9 Å². The van der Waals surface area contributed by atoms with Crippen LogP contribution >= 0.6 is 0 Å². The molecule has 3 aliphatic rings. The minimum Gasteiger partial charge on any atom is -0.507 e. The fourth-order valence-corrected chi connectivity index (χ4v) is 6.27. The molecule has 3 fully saturated rings. The SMILES string of the molecule is C[C@@H]1O[C@@H](O[C@@H]2[C@@H](O)[C@H](O)[C@H](Oc3c(-c4ccc(O)c(O)c4)oc4cc(O[C@@H]5O[C@@H](CO)[C@H](O)[C@H](O)[C@H]5O)cc(O)c4c3=O)O[C@H]2C)[C@@H](O)[C@H](O)[C@H]1O. The summed E-state index contributed by atoms with van der Waals surface area (Å²) in [4.78, 5) is 14.0. The molecule has 0 saturated carbocycles. The van der Waals surface area contributed by atoms with Gasteiger partial charge in [-0.3, -0.25) is 4.79 Å². The van der Waals surface area contributed by atoms with Crippen molar-refractivity contribution in [2.24, 2.45) is 0 Å². The topological polar surface area (TPSA) is 328 Å². The molecule has 2 aromatic carbocycles. The van der Waals surface area contributed by atoms with Crippen LogP contribution in [0.4, 0.5) is 0 Å². The molecule has 3 aliphatic heterocycles. The predicted octanol–water partition coefficient (Wildman–Crippen LogP) is -3.19. The molecule has 0 unspecified atom stereocenters. The van der Waals surface area contributed by atoms with Gasteiger partial charge in [0.2, 0.25) is 23.8 Å². The number of aromatic hydroxyl groups is 3. The summed E-state index contributed by atoms with van der Waals surface area (Å²) in [5, 5.41) is 123. The van der Waals surface area contributed by atoms with Crippen molar-refractivity contribution in [3.8, 4) is 40.1 Å². The van der Waals surface area contributed by atoms with Crippen LogP contribution in [-0.2, 0) is 18.9 Å². The zero-order valence-electron chi connectivity index (χ0n) is 27.9. The lowest BCUT2D eigenvalue weighted by molar-refractivity contribution is -0.345. The number of benzene rings is 2. The first kappa shape index (κ1) is 38.8. The summed E-state index contributed by atoms with van der Waals surface area (Å²) in [5.74, 6) is -3.38. The van der Waals surface area contributed by atoms with E-state index in [9.17, 15) is 66.1 Å². The molecule has 292 valence electrons. The Kier molecular flexibility index (Phi) is 11.1. The van der Waals surface area contributed by atoms with Gasteiger partial charge in [-0.15, -0.1) is 0 Å². The molecule has 20 nitrogen and oxygen atoms in total. The highest BCUT2D eigenvalue weighted by atomic mass is 16.7. The van der Waals surface area contributed by atoms with Gasteiger partial charge in [-0.05, 0) is 32.0 Å². The van der Waals surface area contributed by atoms with E-state index in [2.05, 4.69) is 0 Å². The molecule has 6 rings (SSSR count). The molecular weight excluding hydrogens is 716 g/mol. The van der Waals surface area contributed by atoms with E-state index in [0.717, 1.165) is 24.3 Å². The zero-order chi connectivity index (χ0) is 38.6. The lowest BCUT2D eigenvalue weighted by Gasteiger charge is -2.45. The van der Waals surface area contributed by atoms with Crippen molar-refractivity contribution in [3.05, 3.63) is 40.6 Å². The number of rotatable bonds is 8. The van der Waals surface area contributed by atoms with Crippen LogP contribution in [0.15, 0.2) is 39.5 Å². The van der Waals surface area contributed by atoms with Crippen molar-refractivity contribution in [3.63, 3.8) is 0 Å². The van der Waals surface area contributed by atoms with E-state index in [1.165, 1.54) is 19.9 Å². The van der Waals surface area contributed by atoms with E-state index in [4.69, 9.17) is 32.8 Å². The number of hydrogen-bond donors (Lipinski definition) is 12. The van der Waals surface area contributed by atoms with Crippen molar-refractivity contribution in [2.45, 2.75) is 106 Å². The second kappa shape index (κ2) is 15.1. The zero-order valence-corrected chi connectivity index (χ0v) is 27.9. The highest BCUT2D eigenvalue weighted by Gasteiger charge is 2.50. The molecule has 0 amide bonds. The summed E-state index contributed by atoms with van der Waals surface area (Å²) in [6.07, 6.45) is -23.8. The van der Waals surface area contributed by atoms with Gasteiger partial charge in [0.1, 0.15) is 83.5 Å². The first-order valence-electron chi connectivity index (χ1n) is 16.4. The molecule has 1 aromatic heterocycles. The summed E-state index contributed by atoms with van der Waals surface area (Å²) < 4.78 is 39.6. The molecule has 53 heavy (non-hydrogen) atoms. The average Bonchev–Trinajstić information content (AvgIpc) is 3.12. The van der Waals surface area contributed by atoms with E-state index < -0.39 is 138 Å². The second-order valence-electron chi connectivity index (χ2n) is 13.0. The third-order valence-electron chi connectivity index (χ3n) is 9.36. The van der Waals surface area contributed by atoms with Crippen LogP contribution in [0.1, 0.15) is 13.8 Å². The molecule has 0 aliphatic carbocycles. The van der Waals surface area contributed by atoms with Crippen molar-refractivity contribution in [1.82, 2.24) is 0 Å². The van der Waals surface area contributed by atoms with Crippen LogP contribution in [-0.4, -0.2) is 160 Å². The normalized spacial score (nSPS) is 37.8. The summed E-state index contributed by atoms with van der Waals surface area (Å²) in [5.41, 5.74) is -1.52. The van der Waals surface area contributed by atoms with Gasteiger partial charge >= 0.3 is 0 Å². The van der Waals surface area contributed by atoms with Crippen LogP contribution in [0.3, 0.4) is 0 Å². The van der Waals surface area contributed by atoms with Crippen LogP contribution in [0, 0.1) is 0 Å². The molecule has 20 heteroatoms. The number of fused-ring (bicyclic) bond motifs is 1. The lowest BCUT2D eigenvalue weighted by atomic mass is 9.97. The maximum atomic E-state index is 14.0. The summed E-state index contributed by atoms with van der Waals surface area (Å²) in [7, 11) is 0. The van der Waals surface area contributed by atoms with Gasteiger partial charge in [-0.25, -0.2) is 0 Å². The van der Waals surface area contributed by atoms with E-state index in [0.29, 0.717) is 0 Å². The Hall–Kier alpha value is -3.87. The Morgan fingerprint density at radius 2 is 1.26 bits per heavy atom. The largest absolute Gasteiger partial charge is 0.507 e. The maximum absolute atomic E-state index is 14.0. The fourth-order valence-electron chi connectivity index (χ4n) is 6.27. The van der Waals surface area contributed by atoms with E-state index in [1.54, 1.807) is 0 Å². The third kappa shape index (κ3) is 7.22. The van der Waals surface area contributed by atoms with Gasteiger partial charge in [-0.1, -0.05) is 0 Å². The van der Waals surface area contributed by atoms with Crippen LogP contribution in [0.5, 0.6) is 28.7 Å². The Morgan fingerprint density at radius 1 is 0.642 bits per heavy atom. The summed E-state index contributed by atoms with van der Waals surface area (Å²) in [6, 6.07) is 5.30. The lowest BCUT2D eigenvalue weighted by Crippen LogP contribution is -2.63. The summed E-state index contributed by atoms with van der Waals surface area (Å²) >= 11 is 0. The average molecular weight is 757 g/mol. The van der Waals surface area contributed by atoms with Gasteiger partial charge in [0.15, 0.2) is 23.5 Å². The number of aliphatic hydroxyl groups excluding tert-OH is 9. The Labute approximate surface area is 298 Å². The Bertz CT molecular complexity index is 1830. The molecule has 4 heterocycles. The molecular formula is C33H40O20. The fraction of sp³-hybridized carbons (Fsp3) is 0.545. The van der Waals surface area contributed by atoms with Crippen LogP contribution in [0.25, 0.3) is 22.3 Å². The number of phenolic OH excluding ortho intramolecular Hbond substituents is 3. The third-order valence-corrected chi connectivity index (χ3v) is 9.36. The Balaban J connectivity index is 1.33. The molecule has 3 aromatic rings. The van der Waals surface area contributed by atoms with Crippen LogP contribution < -0.4 is 14.9 Å². The second-order valence-corrected chi connectivity index (χ2v) is 13.0. The number of phenols is 3. The van der Waals surface area contributed by atoms with Gasteiger partial charge in [0.05, 0.1) is 18.8 Å². The van der Waals surface area contributed by atoms with Gasteiger partial charge in [0.25, 0.3) is 0 Å². The highest BCUT2D eigenvalue weighted by Crippen LogP contribution is 2.40. The van der Waals surface area contributed by atoms with Crippen molar-refractivity contribution < 1.29 is 94.1 Å². The molecule has 0 radical (unpaired) electrons. The first-order valence-corrected chi connectivity index (χ1v) is 16.4. The molecule has 3 saturated heterocycles. The van der Waals surface area contributed by atoms with Gasteiger partial charge < -0.3 is 94.1 Å². The maximum Gasteiger partial charge on any atom is 0.239 e. The minimum absolute atomic E-state index is 0.0764. The van der Waals surface area contributed by atoms with E-state index >= 15 is 0 Å². The van der Waals surface area contributed by atoms with Crippen molar-refractivity contribution in [1.29, 1.82) is 0 Å². The molecule has 0 spiro atoms. The molecule has 15 atom stereocenters. The molecule has 0 bridgehead atoms. The van der Waals surface area contributed by atoms with E-state index in [1.807, 2.05) is 0 Å². The monoisotopic (exact) mass is 756 g/mol. The van der Waals surface area contributed by atoms with Crippen molar-refractivity contribution in [2.75, 3.05) is 6.61 Å². The number of ether oxygens (including phenoxy) is 6. The minimum atomic E-state index is -1.97. The molecule has 12 N–H and O–H groups in total. The van der Waals surface area contributed by atoms with Crippen molar-refractivity contribution >= 4 is 11.0 Å². The number of aliphatic hydroxyl groups is 9. The highest BCUT2D eigenvalue weighted by molar-refractivity contribution is 5.88. The number of hydrogen-bond acceptors (Lipinski definition) is 20. The van der Waals surface area contributed by atoms with Gasteiger partial charge in [-0.2, -0.15) is 0 Å². The van der Waals surface area contributed by atoms with Gasteiger partial charge in [0, 0.05) is 17.7 Å². The first-order chi connectivity index (χ1) is 25.0. The smallest absolute Gasteiger partial charge is 0.239 e.